The molecule has 37 heavy (non-hydrogen) atoms. The van der Waals surface area contributed by atoms with E-state index in [1.807, 2.05) is 17.9 Å². The predicted octanol–water partition coefficient (Wildman–Crippen LogP) is 2.13. The van der Waals surface area contributed by atoms with Crippen LogP contribution in [0.15, 0.2) is 30.5 Å². The second-order valence-electron chi connectivity index (χ2n) is 10.4. The number of rotatable bonds is 7. The summed E-state index contributed by atoms with van der Waals surface area (Å²) in [6.07, 6.45) is 4.53. The molecule has 2 N–H and O–H groups in total. The van der Waals surface area contributed by atoms with E-state index < -0.39 is 11.6 Å². The summed E-state index contributed by atoms with van der Waals surface area (Å²) in [5.74, 6) is 1.06. The highest BCUT2D eigenvalue weighted by Gasteiger charge is 2.40. The Bertz CT molecular complexity index is 1360. The van der Waals surface area contributed by atoms with Crippen molar-refractivity contribution in [2.45, 2.75) is 57.2 Å². The lowest BCUT2D eigenvalue weighted by Gasteiger charge is -2.45. The number of fused-ring (bicyclic) bond motifs is 1. The molecule has 0 radical (unpaired) electrons. The summed E-state index contributed by atoms with van der Waals surface area (Å²) in [4.78, 5) is 38.3. The predicted molar refractivity (Wildman–Crippen MR) is 137 cm³/mol. The molecule has 3 aliphatic rings. The van der Waals surface area contributed by atoms with E-state index in [1.54, 1.807) is 36.0 Å². The summed E-state index contributed by atoms with van der Waals surface area (Å²) in [5, 5.41) is 18.9. The van der Waals surface area contributed by atoms with Gasteiger partial charge in [0, 0.05) is 32.1 Å². The number of carbonyl (C=O) groups is 2. The van der Waals surface area contributed by atoms with E-state index in [1.165, 1.54) is 0 Å². The minimum absolute atomic E-state index is 0.0789. The summed E-state index contributed by atoms with van der Waals surface area (Å²) in [5.41, 5.74) is 1.06. The third kappa shape index (κ3) is 4.37. The molecule has 0 atom stereocenters. The van der Waals surface area contributed by atoms with Crippen molar-refractivity contribution in [3.63, 3.8) is 0 Å². The fourth-order valence-electron chi connectivity index (χ4n) is 5.53. The van der Waals surface area contributed by atoms with Crippen molar-refractivity contribution in [1.82, 2.24) is 24.6 Å². The zero-order valence-electron chi connectivity index (χ0n) is 21.1. The molecule has 2 aliphatic heterocycles. The number of benzene rings is 1. The first-order valence-corrected chi connectivity index (χ1v) is 12.9. The molecule has 1 amide bonds. The number of amides is 1. The third-order valence-electron chi connectivity index (χ3n) is 7.43. The fourth-order valence-corrected chi connectivity index (χ4v) is 5.53. The molecule has 2 aromatic heterocycles. The molecule has 2 saturated heterocycles. The standard InChI is InChI=1S/C26H31N7O4/c1-3-37-24(35)16-6-4-7-18(10-16)33-23-20(13-27-33)22(29-25(30-23)28-17-11-26(2,36)12-17)31-14-19(15-31)32-9-5-8-21(32)34/h4,6-7,10,13,17,19,36H,3,5,8-9,11-12,14-15H2,1-2H3,(H,28,29,30)/t17-,26-. The molecule has 0 spiro atoms. The summed E-state index contributed by atoms with van der Waals surface area (Å²) < 4.78 is 6.86. The lowest BCUT2D eigenvalue weighted by Crippen LogP contribution is -2.60. The van der Waals surface area contributed by atoms with Crippen LogP contribution in [0.25, 0.3) is 16.7 Å². The molecule has 0 bridgehead atoms. The fraction of sp³-hybridized carbons (Fsp3) is 0.500. The number of hydrogen-bond donors (Lipinski definition) is 2. The average molecular weight is 506 g/mol. The first-order chi connectivity index (χ1) is 17.8. The Hall–Kier alpha value is -3.73. The smallest absolute Gasteiger partial charge is 0.338 e. The number of anilines is 2. The van der Waals surface area contributed by atoms with Crippen molar-refractivity contribution >= 4 is 34.7 Å². The lowest BCUT2D eigenvalue weighted by molar-refractivity contribution is -0.130. The van der Waals surface area contributed by atoms with Crippen molar-refractivity contribution in [1.29, 1.82) is 0 Å². The number of aliphatic hydroxyl groups is 1. The Labute approximate surface area is 214 Å². The molecule has 6 rings (SSSR count). The number of carbonyl (C=O) groups excluding carboxylic acids is 2. The highest BCUT2D eigenvalue weighted by molar-refractivity contribution is 5.92. The molecule has 194 valence electrons. The van der Waals surface area contributed by atoms with Gasteiger partial charge in [-0.15, -0.1) is 0 Å². The molecule has 1 aromatic carbocycles. The Kier molecular flexibility index (Phi) is 5.74. The number of hydrogen-bond acceptors (Lipinski definition) is 9. The van der Waals surface area contributed by atoms with E-state index >= 15 is 0 Å². The molecule has 1 aliphatic carbocycles. The maximum atomic E-state index is 12.3. The third-order valence-corrected chi connectivity index (χ3v) is 7.43. The number of ether oxygens (including phenoxy) is 1. The van der Waals surface area contributed by atoms with Crippen LogP contribution in [-0.4, -0.2) is 85.6 Å². The van der Waals surface area contributed by atoms with Crippen LogP contribution in [0.3, 0.4) is 0 Å². The van der Waals surface area contributed by atoms with Crippen molar-refractivity contribution in [3.8, 4) is 5.69 Å². The largest absolute Gasteiger partial charge is 0.462 e. The van der Waals surface area contributed by atoms with Crippen LogP contribution in [0.4, 0.5) is 11.8 Å². The van der Waals surface area contributed by atoms with Crippen molar-refractivity contribution in [2.75, 3.05) is 36.5 Å². The van der Waals surface area contributed by atoms with Crippen LogP contribution in [-0.2, 0) is 9.53 Å². The molecule has 0 unspecified atom stereocenters. The van der Waals surface area contributed by atoms with Gasteiger partial charge in [-0.3, -0.25) is 4.79 Å². The van der Waals surface area contributed by atoms with Gasteiger partial charge in [0.2, 0.25) is 11.9 Å². The van der Waals surface area contributed by atoms with E-state index in [4.69, 9.17) is 14.7 Å². The highest BCUT2D eigenvalue weighted by atomic mass is 16.5. The molecule has 4 heterocycles. The normalized spacial score (nSPS) is 23.8. The average Bonchev–Trinajstić information content (AvgIpc) is 3.44. The van der Waals surface area contributed by atoms with Crippen molar-refractivity contribution in [3.05, 3.63) is 36.0 Å². The van der Waals surface area contributed by atoms with Crippen LogP contribution in [0.1, 0.15) is 49.9 Å². The van der Waals surface area contributed by atoms with Gasteiger partial charge in [0.05, 0.1) is 41.1 Å². The van der Waals surface area contributed by atoms with E-state index in [9.17, 15) is 14.7 Å². The van der Waals surface area contributed by atoms with Gasteiger partial charge in [-0.2, -0.15) is 15.1 Å². The number of esters is 1. The second kappa shape index (κ2) is 8.98. The summed E-state index contributed by atoms with van der Waals surface area (Å²) in [6, 6.07) is 7.38. The number of nitrogens with one attached hydrogen (secondary N) is 1. The van der Waals surface area contributed by atoms with Crippen LogP contribution in [0.5, 0.6) is 0 Å². The van der Waals surface area contributed by atoms with Gasteiger partial charge >= 0.3 is 5.97 Å². The van der Waals surface area contributed by atoms with E-state index in [0.29, 0.717) is 61.8 Å². The summed E-state index contributed by atoms with van der Waals surface area (Å²) in [6.45, 7) is 6.13. The Morgan fingerprint density at radius 1 is 1.27 bits per heavy atom. The minimum atomic E-state index is -0.674. The maximum Gasteiger partial charge on any atom is 0.338 e. The topological polar surface area (TPSA) is 126 Å². The quantitative estimate of drug-likeness (QED) is 0.465. The Morgan fingerprint density at radius 2 is 2.08 bits per heavy atom. The molecule has 3 fully saturated rings. The van der Waals surface area contributed by atoms with E-state index in [2.05, 4.69) is 15.3 Å². The van der Waals surface area contributed by atoms with Crippen LogP contribution in [0, 0.1) is 0 Å². The van der Waals surface area contributed by atoms with Gasteiger partial charge in [-0.1, -0.05) is 6.07 Å². The number of likely N-dealkylation sites (tertiary alicyclic amines) is 1. The van der Waals surface area contributed by atoms with Gasteiger partial charge in [-0.25, -0.2) is 9.48 Å². The van der Waals surface area contributed by atoms with E-state index in [0.717, 1.165) is 24.2 Å². The van der Waals surface area contributed by atoms with Gasteiger partial charge in [0.15, 0.2) is 5.65 Å². The lowest BCUT2D eigenvalue weighted by atomic mass is 9.77. The van der Waals surface area contributed by atoms with Crippen LogP contribution < -0.4 is 10.2 Å². The van der Waals surface area contributed by atoms with Gasteiger partial charge < -0.3 is 25.0 Å². The monoisotopic (exact) mass is 505 g/mol. The van der Waals surface area contributed by atoms with Crippen molar-refractivity contribution < 1.29 is 19.4 Å². The highest BCUT2D eigenvalue weighted by Crippen LogP contribution is 2.36. The van der Waals surface area contributed by atoms with Crippen molar-refractivity contribution in [2.24, 2.45) is 0 Å². The minimum Gasteiger partial charge on any atom is -0.462 e. The van der Waals surface area contributed by atoms with Crippen LogP contribution >= 0.6 is 0 Å². The zero-order chi connectivity index (χ0) is 25.7. The Balaban J connectivity index is 1.34. The zero-order valence-corrected chi connectivity index (χ0v) is 21.1. The summed E-state index contributed by atoms with van der Waals surface area (Å²) in [7, 11) is 0. The first-order valence-electron chi connectivity index (χ1n) is 12.9. The Morgan fingerprint density at radius 3 is 2.78 bits per heavy atom. The number of aromatic nitrogens is 4. The summed E-state index contributed by atoms with van der Waals surface area (Å²) >= 11 is 0. The van der Waals surface area contributed by atoms with Crippen LogP contribution in [0.2, 0.25) is 0 Å². The molecule has 3 aromatic rings. The molecule has 11 nitrogen and oxygen atoms in total. The molecular formula is C26H31N7O4. The van der Waals surface area contributed by atoms with Gasteiger partial charge in [-0.05, 0) is 51.3 Å². The van der Waals surface area contributed by atoms with E-state index in [-0.39, 0.29) is 18.0 Å². The molecular weight excluding hydrogens is 474 g/mol. The van der Waals surface area contributed by atoms with Gasteiger partial charge in [0.25, 0.3) is 0 Å². The molecule has 11 heteroatoms. The SMILES string of the molecule is CCOC(=O)c1cccc(-n2ncc3c(N4CC(N5CCCC5=O)C4)nc(N[C@H]4C[C@](C)(O)C4)nc32)c1. The van der Waals surface area contributed by atoms with Gasteiger partial charge in [0.1, 0.15) is 5.82 Å². The number of nitrogens with zero attached hydrogens (tertiary/aromatic N) is 6. The molecule has 1 saturated carbocycles. The maximum absolute atomic E-state index is 12.3. The second-order valence-corrected chi connectivity index (χ2v) is 10.4. The first kappa shape index (κ1) is 23.7.